The summed E-state index contributed by atoms with van der Waals surface area (Å²) in [6, 6.07) is 15.2. The molecule has 3 heterocycles. The zero-order valence-corrected chi connectivity index (χ0v) is 26.5. The van der Waals surface area contributed by atoms with Crippen LogP contribution in [0.25, 0.3) is 0 Å². The van der Waals surface area contributed by atoms with Gasteiger partial charge >= 0.3 is 5.97 Å². The minimum absolute atomic E-state index is 0.0240. The second kappa shape index (κ2) is 14.5. The van der Waals surface area contributed by atoms with Crippen molar-refractivity contribution in [2.24, 2.45) is 11.8 Å². The van der Waals surface area contributed by atoms with Gasteiger partial charge in [-0.1, -0.05) is 57.2 Å². The molecule has 1 amide bonds. The average molecular weight is 605 g/mol. The molecule has 2 aromatic rings. The van der Waals surface area contributed by atoms with Crippen LogP contribution in [0.4, 0.5) is 5.69 Å². The molecule has 0 radical (unpaired) electrons. The number of rotatable bonds is 14. The minimum atomic E-state index is -0.584. The van der Waals surface area contributed by atoms with Gasteiger partial charge in [0.2, 0.25) is 5.91 Å². The van der Waals surface area contributed by atoms with Crippen LogP contribution in [-0.2, 0) is 24.5 Å². The standard InChI is InChI=1S/C36H48N2O6/c1-4-26-24-37-21-19-36(33(37)23-29(26)30(25-42-2)34(40)43-3)31-13-9-10-14-32(31)38(35(36)41)20-11-7-5-6-8-12-22-44-28-17-15-27(39)16-18-28/h9-10,13-18,25-26,29,33,39H,4-8,11-12,19-24H2,1-3H3/b30-25+/t26-,29-,33?,36+/m0/s1. The lowest BCUT2D eigenvalue weighted by Crippen LogP contribution is -2.55. The molecule has 0 aromatic heterocycles. The van der Waals surface area contributed by atoms with Crippen molar-refractivity contribution in [3.05, 3.63) is 65.9 Å². The van der Waals surface area contributed by atoms with E-state index in [9.17, 15) is 14.7 Å². The molecule has 2 saturated heterocycles. The van der Waals surface area contributed by atoms with E-state index in [1.807, 2.05) is 6.07 Å². The molecule has 1 N–H and O–H groups in total. The quantitative estimate of drug-likeness (QED) is 0.119. The number of hydrogen-bond donors (Lipinski definition) is 1. The Morgan fingerprint density at radius 1 is 1.02 bits per heavy atom. The molecule has 5 rings (SSSR count). The van der Waals surface area contributed by atoms with E-state index in [0.717, 1.165) is 94.4 Å². The van der Waals surface area contributed by atoms with Crippen molar-refractivity contribution >= 4 is 17.6 Å². The molecule has 1 unspecified atom stereocenters. The van der Waals surface area contributed by atoms with Gasteiger partial charge < -0.3 is 24.2 Å². The number of phenols is 1. The van der Waals surface area contributed by atoms with Crippen LogP contribution < -0.4 is 9.64 Å². The molecule has 4 atom stereocenters. The van der Waals surface area contributed by atoms with E-state index < -0.39 is 5.41 Å². The Bertz CT molecular complexity index is 1310. The minimum Gasteiger partial charge on any atom is -0.508 e. The lowest BCUT2D eigenvalue weighted by Gasteiger charge is -2.45. The first-order chi connectivity index (χ1) is 21.4. The molecule has 3 aliphatic rings. The van der Waals surface area contributed by atoms with Crippen molar-refractivity contribution in [1.29, 1.82) is 0 Å². The molecule has 2 fully saturated rings. The SMILES string of the molecule is CC[C@H]1CN2CC[C@]3(C(=O)N(CCCCCCCCOc4ccc(O)cc4)c4ccccc43)C2C[C@@H]1/C(=C\OC)C(=O)OC. The van der Waals surface area contributed by atoms with E-state index in [-0.39, 0.29) is 29.6 Å². The van der Waals surface area contributed by atoms with E-state index in [1.165, 1.54) is 7.11 Å². The number of carbonyl (C=O) groups excluding carboxylic acids is 2. The fourth-order valence-corrected chi connectivity index (χ4v) is 7.86. The van der Waals surface area contributed by atoms with Gasteiger partial charge in [-0.25, -0.2) is 4.79 Å². The Morgan fingerprint density at radius 3 is 2.48 bits per heavy atom. The number of benzene rings is 2. The predicted molar refractivity (Wildman–Crippen MR) is 171 cm³/mol. The Hall–Kier alpha value is -3.52. The number of anilines is 1. The highest BCUT2D eigenvalue weighted by Gasteiger charge is 2.62. The second-order valence-electron chi connectivity index (χ2n) is 12.5. The molecule has 0 bridgehead atoms. The third-order valence-corrected chi connectivity index (χ3v) is 10.1. The maximum absolute atomic E-state index is 14.5. The summed E-state index contributed by atoms with van der Waals surface area (Å²) in [4.78, 5) is 31.9. The van der Waals surface area contributed by atoms with Crippen molar-refractivity contribution < 1.29 is 28.9 Å². The van der Waals surface area contributed by atoms with Crippen molar-refractivity contribution in [2.45, 2.75) is 76.2 Å². The van der Waals surface area contributed by atoms with Gasteiger partial charge in [0.25, 0.3) is 0 Å². The van der Waals surface area contributed by atoms with Gasteiger partial charge in [-0.3, -0.25) is 9.69 Å². The molecule has 8 nitrogen and oxygen atoms in total. The molecular formula is C36H48N2O6. The summed E-state index contributed by atoms with van der Waals surface area (Å²) < 4.78 is 16.3. The molecule has 44 heavy (non-hydrogen) atoms. The summed E-state index contributed by atoms with van der Waals surface area (Å²) in [7, 11) is 2.99. The number of nitrogens with zero attached hydrogens (tertiary/aromatic N) is 2. The number of hydrogen-bond acceptors (Lipinski definition) is 7. The van der Waals surface area contributed by atoms with Gasteiger partial charge in [-0.15, -0.1) is 0 Å². The molecule has 3 aliphatic heterocycles. The van der Waals surface area contributed by atoms with E-state index in [1.54, 1.807) is 37.6 Å². The van der Waals surface area contributed by atoms with Gasteiger partial charge in [0.05, 0.1) is 38.1 Å². The molecule has 238 valence electrons. The highest BCUT2D eigenvalue weighted by molar-refractivity contribution is 6.09. The Kier molecular flexibility index (Phi) is 10.5. The molecule has 0 saturated carbocycles. The van der Waals surface area contributed by atoms with Gasteiger partial charge in [-0.2, -0.15) is 0 Å². The fourth-order valence-electron chi connectivity index (χ4n) is 7.86. The number of methoxy groups -OCH3 is 2. The summed E-state index contributed by atoms with van der Waals surface area (Å²) in [5.74, 6) is 1.18. The van der Waals surface area contributed by atoms with Crippen LogP contribution in [0.5, 0.6) is 11.5 Å². The number of unbranched alkanes of at least 4 members (excludes halogenated alkanes) is 5. The average Bonchev–Trinajstić information content (AvgIpc) is 3.54. The van der Waals surface area contributed by atoms with Crippen molar-refractivity contribution in [1.82, 2.24) is 4.90 Å². The number of para-hydroxylation sites is 1. The number of piperidine rings is 1. The number of fused-ring (bicyclic) bond motifs is 4. The number of phenolic OH excluding ortho intramolecular Hbond substituents is 1. The maximum Gasteiger partial charge on any atom is 0.337 e. The van der Waals surface area contributed by atoms with E-state index in [0.29, 0.717) is 18.1 Å². The third kappa shape index (κ3) is 6.32. The zero-order chi connectivity index (χ0) is 31.1. The van der Waals surface area contributed by atoms with Crippen LogP contribution in [0.2, 0.25) is 0 Å². The van der Waals surface area contributed by atoms with Crippen LogP contribution in [0.1, 0.15) is 70.3 Å². The topological polar surface area (TPSA) is 88.5 Å². The maximum atomic E-state index is 14.5. The van der Waals surface area contributed by atoms with Crippen LogP contribution in [-0.4, -0.2) is 68.4 Å². The second-order valence-corrected chi connectivity index (χ2v) is 12.5. The normalized spacial score (nSPS) is 24.8. The lowest BCUT2D eigenvalue weighted by atomic mass is 9.67. The van der Waals surface area contributed by atoms with Crippen molar-refractivity contribution in [3.63, 3.8) is 0 Å². The van der Waals surface area contributed by atoms with Gasteiger partial charge in [-0.05, 0) is 80.0 Å². The molecule has 2 aromatic carbocycles. The summed E-state index contributed by atoms with van der Waals surface area (Å²) in [6.07, 6.45) is 10.5. The monoisotopic (exact) mass is 604 g/mol. The number of amides is 1. The first kappa shape index (κ1) is 31.9. The smallest absolute Gasteiger partial charge is 0.337 e. The Morgan fingerprint density at radius 2 is 1.75 bits per heavy atom. The zero-order valence-electron chi connectivity index (χ0n) is 26.5. The van der Waals surface area contributed by atoms with Crippen LogP contribution in [0.15, 0.2) is 60.4 Å². The van der Waals surface area contributed by atoms with Crippen molar-refractivity contribution in [2.75, 3.05) is 45.4 Å². The highest BCUT2D eigenvalue weighted by atomic mass is 16.5. The molecule has 8 heteroatoms. The van der Waals surface area contributed by atoms with Gasteiger partial charge in [0.15, 0.2) is 0 Å². The number of carbonyl (C=O) groups is 2. The van der Waals surface area contributed by atoms with Crippen LogP contribution >= 0.6 is 0 Å². The van der Waals surface area contributed by atoms with Crippen molar-refractivity contribution in [3.8, 4) is 11.5 Å². The molecule has 1 spiro atoms. The van der Waals surface area contributed by atoms with Gasteiger partial charge in [0.1, 0.15) is 11.5 Å². The highest BCUT2D eigenvalue weighted by Crippen LogP contribution is 2.55. The van der Waals surface area contributed by atoms with Gasteiger partial charge in [0, 0.05) is 24.8 Å². The molecular weight excluding hydrogens is 556 g/mol. The van der Waals surface area contributed by atoms with Crippen LogP contribution in [0, 0.1) is 11.8 Å². The number of aromatic hydroxyl groups is 1. The Labute approximate surface area is 262 Å². The fraction of sp³-hybridized carbons (Fsp3) is 0.556. The Balaban J connectivity index is 1.19. The summed E-state index contributed by atoms with van der Waals surface area (Å²) in [5.41, 5.74) is 2.20. The largest absolute Gasteiger partial charge is 0.508 e. The summed E-state index contributed by atoms with van der Waals surface area (Å²) in [5, 5.41) is 9.39. The first-order valence-electron chi connectivity index (χ1n) is 16.3. The third-order valence-electron chi connectivity index (χ3n) is 10.1. The van der Waals surface area contributed by atoms with E-state index in [2.05, 4.69) is 34.9 Å². The van der Waals surface area contributed by atoms with Crippen LogP contribution in [0.3, 0.4) is 0 Å². The predicted octanol–water partition coefficient (Wildman–Crippen LogP) is 6.22. The van der Waals surface area contributed by atoms with E-state index >= 15 is 0 Å². The summed E-state index contributed by atoms with van der Waals surface area (Å²) >= 11 is 0. The molecule has 0 aliphatic carbocycles. The first-order valence-corrected chi connectivity index (χ1v) is 16.3. The number of ether oxygens (including phenoxy) is 3. The lowest BCUT2D eigenvalue weighted by molar-refractivity contribution is -0.137. The summed E-state index contributed by atoms with van der Waals surface area (Å²) in [6.45, 7) is 5.33. The number of esters is 1. The van der Waals surface area contributed by atoms with E-state index in [4.69, 9.17) is 14.2 Å².